The smallest absolute Gasteiger partial charge is 0.120 e. The molecule has 25 heavy (non-hydrogen) atoms. The van der Waals surface area contributed by atoms with E-state index in [4.69, 9.17) is 9.72 Å². The van der Waals surface area contributed by atoms with Crippen LogP contribution in [-0.4, -0.2) is 4.98 Å². The normalized spacial score (nSPS) is 10.8. The summed E-state index contributed by atoms with van der Waals surface area (Å²) >= 11 is 0. The second kappa shape index (κ2) is 6.78. The lowest BCUT2D eigenvalue weighted by atomic mass is 10.0. The van der Waals surface area contributed by atoms with Crippen molar-refractivity contribution in [3.8, 4) is 17.0 Å². The molecule has 1 aromatic heterocycles. The zero-order valence-electron chi connectivity index (χ0n) is 14.1. The van der Waals surface area contributed by atoms with Gasteiger partial charge in [0.15, 0.2) is 0 Å². The predicted octanol–water partition coefficient (Wildman–Crippen LogP) is 5.79. The Labute approximate surface area is 147 Å². The predicted molar refractivity (Wildman–Crippen MR) is 103 cm³/mol. The molecule has 0 aliphatic rings. The lowest BCUT2D eigenvalue weighted by Crippen LogP contribution is -1.95. The largest absolute Gasteiger partial charge is 0.489 e. The molecule has 4 aromatic rings. The lowest BCUT2D eigenvalue weighted by Gasteiger charge is -2.10. The first-order valence-electron chi connectivity index (χ1n) is 8.43. The van der Waals surface area contributed by atoms with Crippen molar-refractivity contribution < 1.29 is 4.74 Å². The summed E-state index contributed by atoms with van der Waals surface area (Å²) < 4.78 is 5.97. The van der Waals surface area contributed by atoms with Gasteiger partial charge in [0.2, 0.25) is 0 Å². The highest BCUT2D eigenvalue weighted by molar-refractivity contribution is 5.95. The number of rotatable bonds is 4. The number of fused-ring (bicyclic) bond motifs is 1. The molecule has 0 radical (unpaired) electrons. The van der Waals surface area contributed by atoms with Gasteiger partial charge in [-0.2, -0.15) is 0 Å². The number of nitrogens with zero attached hydrogens (tertiary/aromatic N) is 1. The standard InChI is InChI=1S/C23H19NO/c1-17-14-19-10-5-6-13-22(19)23(24-17)20-11-7-12-21(15-20)25-16-18-8-3-2-4-9-18/h2-15H,16H2,1H3. The third-order valence-corrected chi connectivity index (χ3v) is 4.22. The van der Waals surface area contributed by atoms with E-state index in [0.717, 1.165) is 33.7 Å². The van der Waals surface area contributed by atoms with Crippen LogP contribution in [0.3, 0.4) is 0 Å². The van der Waals surface area contributed by atoms with Crippen molar-refractivity contribution in [2.45, 2.75) is 13.5 Å². The number of aryl methyl sites for hydroxylation is 1. The fourth-order valence-corrected chi connectivity index (χ4v) is 3.03. The molecule has 0 saturated carbocycles. The molecule has 0 bridgehead atoms. The van der Waals surface area contributed by atoms with E-state index in [-0.39, 0.29) is 0 Å². The van der Waals surface area contributed by atoms with Crippen LogP contribution in [0, 0.1) is 6.92 Å². The van der Waals surface area contributed by atoms with E-state index in [2.05, 4.69) is 54.6 Å². The van der Waals surface area contributed by atoms with E-state index in [1.54, 1.807) is 0 Å². The number of aromatic nitrogens is 1. The maximum absolute atomic E-state index is 5.97. The van der Waals surface area contributed by atoms with Gasteiger partial charge in [-0.05, 0) is 36.1 Å². The van der Waals surface area contributed by atoms with Crippen LogP contribution >= 0.6 is 0 Å². The Balaban J connectivity index is 1.68. The highest BCUT2D eigenvalue weighted by Gasteiger charge is 2.08. The molecule has 0 aliphatic heterocycles. The first-order chi connectivity index (χ1) is 12.3. The summed E-state index contributed by atoms with van der Waals surface area (Å²) in [6.07, 6.45) is 0. The fourth-order valence-electron chi connectivity index (χ4n) is 3.03. The molecule has 2 nitrogen and oxygen atoms in total. The third kappa shape index (κ3) is 3.38. The van der Waals surface area contributed by atoms with Crippen molar-refractivity contribution in [3.63, 3.8) is 0 Å². The van der Waals surface area contributed by atoms with E-state index in [9.17, 15) is 0 Å². The summed E-state index contributed by atoms with van der Waals surface area (Å²) in [7, 11) is 0. The summed E-state index contributed by atoms with van der Waals surface area (Å²) in [5.74, 6) is 0.855. The highest BCUT2D eigenvalue weighted by Crippen LogP contribution is 2.29. The van der Waals surface area contributed by atoms with Crippen LogP contribution in [0.2, 0.25) is 0 Å². The van der Waals surface area contributed by atoms with Gasteiger partial charge in [0.1, 0.15) is 12.4 Å². The Morgan fingerprint density at radius 2 is 1.60 bits per heavy atom. The number of benzene rings is 3. The molecule has 2 heteroatoms. The van der Waals surface area contributed by atoms with E-state index >= 15 is 0 Å². The summed E-state index contributed by atoms with van der Waals surface area (Å²) in [4.78, 5) is 4.78. The first-order valence-corrected chi connectivity index (χ1v) is 8.43. The van der Waals surface area contributed by atoms with Gasteiger partial charge in [-0.1, -0.05) is 66.7 Å². The van der Waals surface area contributed by atoms with Gasteiger partial charge in [0.05, 0.1) is 5.69 Å². The zero-order valence-corrected chi connectivity index (χ0v) is 14.1. The van der Waals surface area contributed by atoms with Crippen LogP contribution in [0.4, 0.5) is 0 Å². The van der Waals surface area contributed by atoms with E-state index in [1.165, 1.54) is 5.39 Å². The first kappa shape index (κ1) is 15.4. The van der Waals surface area contributed by atoms with Crippen molar-refractivity contribution in [1.29, 1.82) is 0 Å². The van der Waals surface area contributed by atoms with Gasteiger partial charge in [-0.3, -0.25) is 4.98 Å². The molecule has 0 unspecified atom stereocenters. The molecule has 0 saturated heterocycles. The minimum atomic E-state index is 0.562. The number of hydrogen-bond acceptors (Lipinski definition) is 2. The monoisotopic (exact) mass is 325 g/mol. The van der Waals surface area contributed by atoms with E-state index in [1.807, 2.05) is 37.3 Å². The molecular weight excluding hydrogens is 306 g/mol. The summed E-state index contributed by atoms with van der Waals surface area (Å²) in [6, 6.07) is 28.9. The topological polar surface area (TPSA) is 22.1 Å². The van der Waals surface area contributed by atoms with Crippen LogP contribution in [0.1, 0.15) is 11.3 Å². The van der Waals surface area contributed by atoms with Crippen molar-refractivity contribution in [1.82, 2.24) is 4.98 Å². The van der Waals surface area contributed by atoms with Gasteiger partial charge in [-0.25, -0.2) is 0 Å². The van der Waals surface area contributed by atoms with Crippen molar-refractivity contribution in [3.05, 3.63) is 96.2 Å². The SMILES string of the molecule is Cc1cc2ccccc2c(-c2cccc(OCc3ccccc3)c2)n1. The number of pyridine rings is 1. The number of hydrogen-bond donors (Lipinski definition) is 0. The minimum Gasteiger partial charge on any atom is -0.489 e. The van der Waals surface area contributed by atoms with Crippen LogP contribution in [0.25, 0.3) is 22.0 Å². The van der Waals surface area contributed by atoms with Crippen molar-refractivity contribution in [2.24, 2.45) is 0 Å². The fraction of sp³-hybridized carbons (Fsp3) is 0.0870. The van der Waals surface area contributed by atoms with Crippen LogP contribution in [0.5, 0.6) is 5.75 Å². The average Bonchev–Trinajstić information content (AvgIpc) is 2.67. The average molecular weight is 325 g/mol. The molecule has 1 heterocycles. The lowest BCUT2D eigenvalue weighted by molar-refractivity contribution is 0.306. The molecule has 0 atom stereocenters. The quantitative estimate of drug-likeness (QED) is 0.474. The Morgan fingerprint density at radius 3 is 2.48 bits per heavy atom. The highest BCUT2D eigenvalue weighted by atomic mass is 16.5. The van der Waals surface area contributed by atoms with Crippen LogP contribution in [-0.2, 0) is 6.61 Å². The van der Waals surface area contributed by atoms with E-state index in [0.29, 0.717) is 6.61 Å². The molecule has 0 amide bonds. The Kier molecular flexibility index (Phi) is 4.17. The molecule has 0 fully saturated rings. The van der Waals surface area contributed by atoms with E-state index < -0.39 is 0 Å². The molecule has 0 N–H and O–H groups in total. The minimum absolute atomic E-state index is 0.562. The van der Waals surface area contributed by atoms with Crippen molar-refractivity contribution >= 4 is 10.8 Å². The Morgan fingerprint density at radius 1 is 0.800 bits per heavy atom. The summed E-state index contributed by atoms with van der Waals surface area (Å²) in [5, 5.41) is 2.37. The maximum Gasteiger partial charge on any atom is 0.120 e. The van der Waals surface area contributed by atoms with Gasteiger partial charge in [-0.15, -0.1) is 0 Å². The molecule has 4 rings (SSSR count). The second-order valence-electron chi connectivity index (χ2n) is 6.14. The number of ether oxygens (including phenoxy) is 1. The Bertz CT molecular complexity index is 1010. The van der Waals surface area contributed by atoms with Crippen LogP contribution in [0.15, 0.2) is 84.9 Å². The molecular formula is C23H19NO. The van der Waals surface area contributed by atoms with Crippen LogP contribution < -0.4 is 4.74 Å². The summed E-state index contributed by atoms with van der Waals surface area (Å²) in [6.45, 7) is 2.60. The summed E-state index contributed by atoms with van der Waals surface area (Å²) in [5.41, 5.74) is 4.25. The third-order valence-electron chi connectivity index (χ3n) is 4.22. The zero-order chi connectivity index (χ0) is 17.1. The van der Waals surface area contributed by atoms with Gasteiger partial charge in [0, 0.05) is 16.6 Å². The van der Waals surface area contributed by atoms with Gasteiger partial charge in [0.25, 0.3) is 0 Å². The molecule has 0 spiro atoms. The maximum atomic E-state index is 5.97. The molecule has 122 valence electrons. The molecule has 0 aliphatic carbocycles. The van der Waals surface area contributed by atoms with Gasteiger partial charge < -0.3 is 4.74 Å². The van der Waals surface area contributed by atoms with Gasteiger partial charge >= 0.3 is 0 Å². The Hall–Kier alpha value is -3.13. The second-order valence-corrected chi connectivity index (χ2v) is 6.14. The van der Waals surface area contributed by atoms with Crippen molar-refractivity contribution in [2.75, 3.05) is 0 Å². The molecule has 3 aromatic carbocycles.